The van der Waals surface area contributed by atoms with Crippen LogP contribution in [0.5, 0.6) is 0 Å². The fraction of sp³-hybridized carbons (Fsp3) is 0.143. The Morgan fingerprint density at radius 2 is 1.47 bits per heavy atom. The quantitative estimate of drug-likeness (QED) is 0.289. The number of amides is 2. The van der Waals surface area contributed by atoms with Crippen molar-refractivity contribution in [2.45, 2.75) is 17.0 Å². The topological polar surface area (TPSA) is 49.9 Å². The Balaban J connectivity index is 1.45. The second-order valence-corrected chi connectivity index (χ2v) is 9.32. The zero-order valence-corrected chi connectivity index (χ0v) is 19.3. The smallest absolute Gasteiger partial charge is 0.266 e. The van der Waals surface area contributed by atoms with Gasteiger partial charge in [-0.15, -0.1) is 11.8 Å². The van der Waals surface area contributed by atoms with Crippen LogP contribution in [0.2, 0.25) is 0 Å². The molecule has 0 aromatic heterocycles. The molecular weight excluding hydrogens is 444 g/mol. The van der Waals surface area contributed by atoms with Crippen LogP contribution in [0.4, 0.5) is 11.4 Å². The summed E-state index contributed by atoms with van der Waals surface area (Å²) < 4.78 is 0. The van der Waals surface area contributed by atoms with Gasteiger partial charge in [0, 0.05) is 10.3 Å². The second-order valence-electron chi connectivity index (χ2n) is 8.44. The van der Waals surface area contributed by atoms with Crippen LogP contribution in [0.1, 0.15) is 11.6 Å². The van der Waals surface area contributed by atoms with Gasteiger partial charge >= 0.3 is 0 Å². The number of anilines is 2. The molecule has 3 atom stereocenters. The summed E-state index contributed by atoms with van der Waals surface area (Å²) in [5, 5.41) is 3.58. The third kappa shape index (κ3) is 3.22. The minimum absolute atomic E-state index is 0.233. The maximum Gasteiger partial charge on any atom is 0.266 e. The summed E-state index contributed by atoms with van der Waals surface area (Å²) >= 11 is 1.66. The monoisotopic (exact) mass is 466 g/mol. The fourth-order valence-corrected chi connectivity index (χ4v) is 5.40. The average molecular weight is 467 g/mol. The highest BCUT2D eigenvalue weighted by molar-refractivity contribution is 7.98. The number of para-hydroxylation sites is 1. The summed E-state index contributed by atoms with van der Waals surface area (Å²) in [6, 6.07) is 30.8. The number of rotatable bonds is 4. The third-order valence-electron chi connectivity index (χ3n) is 6.59. The lowest BCUT2D eigenvalue weighted by molar-refractivity contribution is -0.126. The molecule has 34 heavy (non-hydrogen) atoms. The normalized spacial score (nSPS) is 22.0. The van der Waals surface area contributed by atoms with E-state index in [1.54, 1.807) is 16.8 Å². The Bertz CT molecular complexity index is 1380. The van der Waals surface area contributed by atoms with Crippen molar-refractivity contribution in [3.63, 3.8) is 0 Å². The molecule has 0 bridgehead atoms. The van der Waals surface area contributed by atoms with Crippen molar-refractivity contribution in [1.29, 1.82) is 0 Å². The van der Waals surface area contributed by atoms with Crippen LogP contribution in [-0.2, 0) is 14.4 Å². The highest BCUT2D eigenvalue weighted by atomic mass is 32.2. The number of hydrogen-bond donors (Lipinski definition) is 0. The van der Waals surface area contributed by atoms with Gasteiger partial charge in [-0.1, -0.05) is 66.7 Å². The van der Waals surface area contributed by atoms with Crippen LogP contribution in [0.15, 0.2) is 102 Å². The molecule has 2 fully saturated rings. The van der Waals surface area contributed by atoms with Crippen LogP contribution < -0.4 is 9.96 Å². The molecule has 168 valence electrons. The van der Waals surface area contributed by atoms with Gasteiger partial charge < -0.3 is 0 Å². The number of benzene rings is 4. The molecule has 4 aromatic rings. The highest BCUT2D eigenvalue weighted by Crippen LogP contribution is 2.48. The Labute approximate surface area is 201 Å². The van der Waals surface area contributed by atoms with E-state index in [1.807, 2.05) is 103 Å². The minimum Gasteiger partial charge on any atom is -0.273 e. The summed E-state index contributed by atoms with van der Waals surface area (Å²) in [6.45, 7) is 0. The molecular formula is C28H22N2O3S. The number of fused-ring (bicyclic) bond motifs is 2. The van der Waals surface area contributed by atoms with Crippen LogP contribution in [-0.4, -0.2) is 24.2 Å². The summed E-state index contributed by atoms with van der Waals surface area (Å²) in [6.07, 6.45) is 1.15. The lowest BCUT2D eigenvalue weighted by Gasteiger charge is -2.29. The molecule has 2 heterocycles. The molecule has 4 aromatic carbocycles. The molecule has 6 rings (SSSR count). The average Bonchev–Trinajstić information content (AvgIpc) is 3.40. The van der Waals surface area contributed by atoms with E-state index in [0.717, 1.165) is 26.9 Å². The first kappa shape index (κ1) is 21.0. The molecule has 5 nitrogen and oxygen atoms in total. The summed E-state index contributed by atoms with van der Waals surface area (Å²) in [5.41, 5.74) is 2.36. The van der Waals surface area contributed by atoms with Crippen LogP contribution in [0.25, 0.3) is 10.8 Å². The van der Waals surface area contributed by atoms with Crippen LogP contribution in [0.3, 0.4) is 0 Å². The fourth-order valence-electron chi connectivity index (χ4n) is 4.99. The number of nitrogens with zero attached hydrogens (tertiary/aromatic N) is 2. The molecule has 0 N–H and O–H groups in total. The van der Waals surface area contributed by atoms with E-state index in [1.165, 1.54) is 4.90 Å². The Hall–Kier alpha value is -3.61. The number of hydrogen-bond acceptors (Lipinski definition) is 5. The number of thioether (sulfide) groups is 1. The van der Waals surface area contributed by atoms with E-state index >= 15 is 0 Å². The van der Waals surface area contributed by atoms with Gasteiger partial charge in [0.05, 0.1) is 17.4 Å². The van der Waals surface area contributed by atoms with Gasteiger partial charge in [0.15, 0.2) is 6.10 Å². The molecule has 0 radical (unpaired) electrons. The minimum atomic E-state index is -0.878. The standard InChI is InChI=1S/C28H22N2O3S/c1-34-21-16-14-19(15-17-21)25-24-26(33-30(25)20-10-3-2-4-11-20)28(32)29(27(24)31)23-13-7-9-18-8-5-6-12-22(18)23/h2-17,24-26H,1H3/t24-,25-,26-/m0/s1. The highest BCUT2D eigenvalue weighted by Gasteiger charge is 2.60. The van der Waals surface area contributed by atoms with Gasteiger partial charge in [-0.25, -0.2) is 9.96 Å². The van der Waals surface area contributed by atoms with Crippen LogP contribution in [0, 0.1) is 5.92 Å². The van der Waals surface area contributed by atoms with Gasteiger partial charge in [0.25, 0.3) is 5.91 Å². The predicted molar refractivity (Wildman–Crippen MR) is 135 cm³/mol. The van der Waals surface area contributed by atoms with Crippen molar-refractivity contribution in [2.24, 2.45) is 5.92 Å². The lowest BCUT2D eigenvalue weighted by Crippen LogP contribution is -2.37. The molecule has 0 aliphatic carbocycles. The van der Waals surface area contributed by atoms with E-state index in [2.05, 4.69) is 0 Å². The SMILES string of the molecule is CSc1ccc([C@H]2[C@@H]3C(=O)N(c4cccc5ccccc45)C(=O)[C@H]3ON2c2ccccc2)cc1. The zero-order valence-electron chi connectivity index (χ0n) is 18.5. The molecule has 0 saturated carbocycles. The second kappa shape index (κ2) is 8.31. The molecule has 0 unspecified atom stereocenters. The Morgan fingerprint density at radius 1 is 0.765 bits per heavy atom. The van der Waals surface area contributed by atoms with Gasteiger partial charge in [-0.2, -0.15) is 0 Å². The van der Waals surface area contributed by atoms with E-state index in [9.17, 15) is 9.59 Å². The van der Waals surface area contributed by atoms with Crippen molar-refractivity contribution in [3.05, 3.63) is 103 Å². The molecule has 2 saturated heterocycles. The molecule has 2 aliphatic heterocycles. The lowest BCUT2D eigenvalue weighted by atomic mass is 9.90. The maximum absolute atomic E-state index is 13.9. The zero-order chi connectivity index (χ0) is 23.2. The Kier molecular flexibility index (Phi) is 5.12. The van der Waals surface area contributed by atoms with E-state index in [0.29, 0.717) is 5.69 Å². The summed E-state index contributed by atoms with van der Waals surface area (Å²) in [7, 11) is 0. The number of carbonyl (C=O) groups excluding carboxylic acids is 2. The van der Waals surface area contributed by atoms with Gasteiger partial charge in [-0.05, 0) is 47.5 Å². The van der Waals surface area contributed by atoms with E-state index < -0.39 is 18.1 Å². The third-order valence-corrected chi connectivity index (χ3v) is 7.33. The molecule has 0 spiro atoms. The largest absolute Gasteiger partial charge is 0.273 e. The summed E-state index contributed by atoms with van der Waals surface area (Å²) in [5.74, 6) is -1.20. The first-order chi connectivity index (χ1) is 16.7. The van der Waals surface area contributed by atoms with Gasteiger partial charge in [-0.3, -0.25) is 14.4 Å². The maximum atomic E-state index is 13.9. The predicted octanol–water partition coefficient (Wildman–Crippen LogP) is 5.61. The van der Waals surface area contributed by atoms with E-state index in [4.69, 9.17) is 4.84 Å². The van der Waals surface area contributed by atoms with Gasteiger partial charge in [0.1, 0.15) is 5.92 Å². The molecule has 2 aliphatic rings. The number of carbonyl (C=O) groups is 2. The first-order valence-electron chi connectivity index (χ1n) is 11.2. The first-order valence-corrected chi connectivity index (χ1v) is 12.4. The van der Waals surface area contributed by atoms with Crippen molar-refractivity contribution in [2.75, 3.05) is 16.2 Å². The van der Waals surface area contributed by atoms with Gasteiger partial charge in [0.2, 0.25) is 5.91 Å². The molecule has 6 heteroatoms. The Morgan fingerprint density at radius 3 is 2.24 bits per heavy atom. The number of imide groups is 1. The summed E-state index contributed by atoms with van der Waals surface area (Å²) in [4.78, 5) is 36.3. The van der Waals surface area contributed by atoms with E-state index in [-0.39, 0.29) is 11.8 Å². The van der Waals surface area contributed by atoms with Crippen molar-refractivity contribution in [1.82, 2.24) is 0 Å². The van der Waals surface area contributed by atoms with Crippen molar-refractivity contribution < 1.29 is 14.4 Å². The van der Waals surface area contributed by atoms with Crippen molar-refractivity contribution >= 4 is 45.7 Å². The van der Waals surface area contributed by atoms with Crippen molar-refractivity contribution in [3.8, 4) is 0 Å². The molecule has 2 amide bonds. The number of hydroxylamine groups is 1. The van der Waals surface area contributed by atoms with Crippen LogP contribution >= 0.6 is 11.8 Å².